The first kappa shape index (κ1) is 17.2. The highest BCUT2D eigenvalue weighted by Gasteiger charge is 2.09. The second kappa shape index (κ2) is 7.96. The smallest absolute Gasteiger partial charge is 0.272 e. The van der Waals surface area contributed by atoms with Crippen LogP contribution in [0, 0.1) is 0 Å². The van der Waals surface area contributed by atoms with Gasteiger partial charge in [0.05, 0.1) is 0 Å². The minimum absolute atomic E-state index is 0.230. The van der Waals surface area contributed by atoms with E-state index in [1.165, 1.54) is 0 Å². The second-order valence-electron chi connectivity index (χ2n) is 5.21. The van der Waals surface area contributed by atoms with E-state index >= 15 is 0 Å². The number of benzene rings is 2. The first-order valence-electron chi connectivity index (χ1n) is 7.50. The molecule has 7 heteroatoms. The maximum atomic E-state index is 12.1. The van der Waals surface area contributed by atoms with Crippen LogP contribution in [0.5, 0.6) is 0 Å². The van der Waals surface area contributed by atoms with Gasteiger partial charge in [0.25, 0.3) is 5.91 Å². The van der Waals surface area contributed by atoms with Crippen molar-refractivity contribution in [3.63, 3.8) is 0 Å². The second-order valence-corrected chi connectivity index (χ2v) is 6.05. The molecule has 126 valence electrons. The molecule has 0 spiro atoms. The number of amides is 1. The number of nitrogens with zero attached hydrogens (tertiary/aromatic N) is 2. The summed E-state index contributed by atoms with van der Waals surface area (Å²) >= 11 is 11.9. The topological polar surface area (TPSA) is 66.9 Å². The summed E-state index contributed by atoms with van der Waals surface area (Å²) in [4.78, 5) is 12.1. The fraction of sp³-hybridized carbons (Fsp3) is 0.0556. The molecule has 2 N–H and O–H groups in total. The SMILES string of the molecule is O=C(NCc1ccccc1Cl)c1ccc(Nc2ccc(Cl)cc2)nn1. The van der Waals surface area contributed by atoms with Gasteiger partial charge in [0, 0.05) is 22.3 Å². The Bertz CT molecular complexity index is 867. The number of rotatable bonds is 5. The van der Waals surface area contributed by atoms with Gasteiger partial charge in [-0.05, 0) is 48.0 Å². The van der Waals surface area contributed by atoms with E-state index in [0.29, 0.717) is 22.4 Å². The highest BCUT2D eigenvalue weighted by Crippen LogP contribution is 2.17. The number of carbonyl (C=O) groups excluding carboxylic acids is 1. The molecule has 1 heterocycles. The van der Waals surface area contributed by atoms with Gasteiger partial charge in [-0.3, -0.25) is 4.79 Å². The van der Waals surface area contributed by atoms with Crippen LogP contribution in [-0.2, 0) is 6.54 Å². The largest absolute Gasteiger partial charge is 0.347 e. The third kappa shape index (κ3) is 4.68. The Hall–Kier alpha value is -2.63. The molecule has 3 aromatic rings. The Morgan fingerprint density at radius 3 is 2.36 bits per heavy atom. The van der Waals surface area contributed by atoms with Crippen molar-refractivity contribution in [2.45, 2.75) is 6.54 Å². The molecule has 2 aromatic carbocycles. The van der Waals surface area contributed by atoms with Crippen LogP contribution >= 0.6 is 23.2 Å². The number of halogens is 2. The van der Waals surface area contributed by atoms with Crippen LogP contribution in [-0.4, -0.2) is 16.1 Å². The highest BCUT2D eigenvalue weighted by molar-refractivity contribution is 6.31. The van der Waals surface area contributed by atoms with Gasteiger partial charge in [-0.1, -0.05) is 41.4 Å². The van der Waals surface area contributed by atoms with E-state index in [4.69, 9.17) is 23.2 Å². The molecule has 0 aliphatic carbocycles. The van der Waals surface area contributed by atoms with E-state index in [-0.39, 0.29) is 11.6 Å². The summed E-state index contributed by atoms with van der Waals surface area (Å²) in [6.45, 7) is 0.324. The average molecular weight is 373 g/mol. The van der Waals surface area contributed by atoms with Crippen LogP contribution < -0.4 is 10.6 Å². The van der Waals surface area contributed by atoms with E-state index in [1.54, 1.807) is 30.3 Å². The molecule has 0 aliphatic heterocycles. The van der Waals surface area contributed by atoms with Gasteiger partial charge < -0.3 is 10.6 Å². The van der Waals surface area contributed by atoms with E-state index in [9.17, 15) is 4.79 Å². The van der Waals surface area contributed by atoms with Crippen molar-refractivity contribution in [1.82, 2.24) is 15.5 Å². The van der Waals surface area contributed by atoms with Gasteiger partial charge in [-0.2, -0.15) is 0 Å². The number of hydrogen-bond acceptors (Lipinski definition) is 4. The lowest BCUT2D eigenvalue weighted by Gasteiger charge is -2.07. The predicted octanol–water partition coefficient (Wildman–Crippen LogP) is 4.46. The lowest BCUT2D eigenvalue weighted by atomic mass is 10.2. The number of carbonyl (C=O) groups is 1. The standard InChI is InChI=1S/C18H14Cl2N4O/c19-13-5-7-14(8-6-13)22-17-10-9-16(23-24-17)18(25)21-11-12-3-1-2-4-15(12)20/h1-10H,11H2,(H,21,25)(H,22,24). The molecule has 0 saturated carbocycles. The molecule has 3 rings (SSSR count). The molecular formula is C18H14Cl2N4O. The zero-order chi connectivity index (χ0) is 17.6. The molecule has 1 amide bonds. The van der Waals surface area contributed by atoms with E-state index in [0.717, 1.165) is 11.3 Å². The Kier molecular flexibility index (Phi) is 5.48. The van der Waals surface area contributed by atoms with Gasteiger partial charge in [-0.25, -0.2) is 0 Å². The van der Waals surface area contributed by atoms with Crippen molar-refractivity contribution in [3.05, 3.63) is 82.0 Å². The van der Waals surface area contributed by atoms with Crippen molar-refractivity contribution in [1.29, 1.82) is 0 Å². The summed E-state index contributed by atoms with van der Waals surface area (Å²) in [5, 5.41) is 15.1. The maximum absolute atomic E-state index is 12.1. The Balaban J connectivity index is 1.60. The van der Waals surface area contributed by atoms with E-state index < -0.39 is 0 Å². The first-order chi connectivity index (χ1) is 12.1. The fourth-order valence-electron chi connectivity index (χ4n) is 2.11. The number of hydrogen-bond donors (Lipinski definition) is 2. The molecule has 0 aliphatic rings. The van der Waals surface area contributed by atoms with Crippen molar-refractivity contribution >= 4 is 40.6 Å². The lowest BCUT2D eigenvalue weighted by molar-refractivity contribution is 0.0945. The quantitative estimate of drug-likeness (QED) is 0.693. The Labute approximate surface area is 155 Å². The minimum atomic E-state index is -0.314. The molecule has 0 radical (unpaired) electrons. The van der Waals surface area contributed by atoms with Gasteiger partial charge in [0.15, 0.2) is 11.5 Å². The Morgan fingerprint density at radius 2 is 1.68 bits per heavy atom. The molecule has 0 fully saturated rings. The molecule has 0 saturated heterocycles. The van der Waals surface area contributed by atoms with Gasteiger partial charge in [0.1, 0.15) is 0 Å². The third-order valence-electron chi connectivity index (χ3n) is 3.41. The number of aromatic nitrogens is 2. The molecule has 25 heavy (non-hydrogen) atoms. The van der Waals surface area contributed by atoms with E-state index in [2.05, 4.69) is 20.8 Å². The van der Waals surface area contributed by atoms with Crippen LogP contribution in [0.2, 0.25) is 10.0 Å². The van der Waals surface area contributed by atoms with Gasteiger partial charge in [-0.15, -0.1) is 10.2 Å². The number of nitrogens with one attached hydrogen (secondary N) is 2. The molecule has 0 unspecified atom stereocenters. The average Bonchev–Trinajstić information content (AvgIpc) is 2.63. The first-order valence-corrected chi connectivity index (χ1v) is 8.25. The van der Waals surface area contributed by atoms with Crippen LogP contribution in [0.4, 0.5) is 11.5 Å². The minimum Gasteiger partial charge on any atom is -0.347 e. The summed E-state index contributed by atoms with van der Waals surface area (Å²) in [7, 11) is 0. The van der Waals surface area contributed by atoms with Crippen molar-refractivity contribution in [2.24, 2.45) is 0 Å². The van der Waals surface area contributed by atoms with Gasteiger partial charge >= 0.3 is 0 Å². The Morgan fingerprint density at radius 1 is 0.920 bits per heavy atom. The zero-order valence-electron chi connectivity index (χ0n) is 13.0. The van der Waals surface area contributed by atoms with Crippen molar-refractivity contribution in [3.8, 4) is 0 Å². The van der Waals surface area contributed by atoms with Crippen LogP contribution in [0.1, 0.15) is 16.1 Å². The predicted molar refractivity (Wildman–Crippen MR) is 99.4 cm³/mol. The zero-order valence-corrected chi connectivity index (χ0v) is 14.6. The van der Waals surface area contributed by atoms with Crippen LogP contribution in [0.3, 0.4) is 0 Å². The normalized spacial score (nSPS) is 10.3. The lowest BCUT2D eigenvalue weighted by Crippen LogP contribution is -2.24. The highest BCUT2D eigenvalue weighted by atomic mass is 35.5. The monoisotopic (exact) mass is 372 g/mol. The fourth-order valence-corrected chi connectivity index (χ4v) is 2.44. The summed E-state index contributed by atoms with van der Waals surface area (Å²) < 4.78 is 0. The third-order valence-corrected chi connectivity index (χ3v) is 4.03. The maximum Gasteiger partial charge on any atom is 0.272 e. The molecule has 0 atom stereocenters. The molecular weight excluding hydrogens is 359 g/mol. The van der Waals surface area contributed by atoms with Crippen LogP contribution in [0.15, 0.2) is 60.7 Å². The summed E-state index contributed by atoms with van der Waals surface area (Å²) in [6, 6.07) is 17.8. The van der Waals surface area contributed by atoms with E-state index in [1.807, 2.05) is 30.3 Å². The summed E-state index contributed by atoms with van der Waals surface area (Å²) in [5.41, 5.74) is 1.90. The van der Waals surface area contributed by atoms with Crippen molar-refractivity contribution < 1.29 is 4.79 Å². The van der Waals surface area contributed by atoms with Gasteiger partial charge in [0.2, 0.25) is 0 Å². The summed E-state index contributed by atoms with van der Waals surface area (Å²) in [5.74, 6) is 0.218. The molecule has 0 bridgehead atoms. The van der Waals surface area contributed by atoms with Crippen LogP contribution in [0.25, 0.3) is 0 Å². The summed E-state index contributed by atoms with van der Waals surface area (Å²) in [6.07, 6.45) is 0. The molecule has 5 nitrogen and oxygen atoms in total. The molecule has 1 aromatic heterocycles. The van der Waals surface area contributed by atoms with Crippen molar-refractivity contribution in [2.75, 3.05) is 5.32 Å². The number of anilines is 2.